The Morgan fingerprint density at radius 2 is 2.10 bits per heavy atom. The minimum atomic E-state index is -0.486. The molecule has 20 heavy (non-hydrogen) atoms. The second-order valence-corrected chi connectivity index (χ2v) is 4.91. The fraction of sp³-hybridized carbons (Fsp3) is 0.467. The molecule has 0 bridgehead atoms. The van der Waals surface area contributed by atoms with Crippen molar-refractivity contribution in [1.29, 1.82) is 0 Å². The normalized spacial score (nSPS) is 11.8. The van der Waals surface area contributed by atoms with Gasteiger partial charge in [0.15, 0.2) is 0 Å². The van der Waals surface area contributed by atoms with Gasteiger partial charge < -0.3 is 15.3 Å². The highest BCUT2D eigenvalue weighted by Gasteiger charge is 2.22. The second kappa shape index (κ2) is 7.53. The first kappa shape index (κ1) is 16.0. The van der Waals surface area contributed by atoms with Gasteiger partial charge >= 0.3 is 0 Å². The summed E-state index contributed by atoms with van der Waals surface area (Å²) in [6.07, 6.45) is 1.43. The second-order valence-electron chi connectivity index (χ2n) is 4.91. The summed E-state index contributed by atoms with van der Waals surface area (Å²) in [6, 6.07) is 6.30. The number of carbonyl (C=O) groups is 2. The molecule has 1 aromatic carbocycles. The number of likely N-dealkylation sites (N-methyl/N-ethyl adjacent to an activating group) is 1. The topological polar surface area (TPSA) is 69.6 Å². The zero-order valence-electron chi connectivity index (χ0n) is 12.2. The molecule has 2 N–H and O–H groups in total. The Morgan fingerprint density at radius 1 is 1.40 bits per heavy atom. The first-order valence-electron chi connectivity index (χ1n) is 6.74. The molecule has 0 radical (unpaired) electrons. The van der Waals surface area contributed by atoms with E-state index < -0.39 is 6.04 Å². The van der Waals surface area contributed by atoms with Crippen molar-refractivity contribution in [3.05, 3.63) is 29.8 Å². The van der Waals surface area contributed by atoms with E-state index in [1.54, 1.807) is 30.1 Å². The number of benzene rings is 1. The van der Waals surface area contributed by atoms with E-state index in [-0.39, 0.29) is 17.6 Å². The summed E-state index contributed by atoms with van der Waals surface area (Å²) in [5.41, 5.74) is 0.846. The molecule has 5 heteroatoms. The van der Waals surface area contributed by atoms with E-state index in [4.69, 9.17) is 0 Å². The van der Waals surface area contributed by atoms with Gasteiger partial charge in [-0.05, 0) is 24.1 Å². The summed E-state index contributed by atoms with van der Waals surface area (Å²) in [5.74, 6) is -0.150. The van der Waals surface area contributed by atoms with Crippen molar-refractivity contribution in [2.24, 2.45) is 0 Å². The molecule has 2 amide bonds. The summed E-state index contributed by atoms with van der Waals surface area (Å²) in [7, 11) is 1.69. The SMILES string of the molecule is CCCC(NC(C)=O)C(=O)N(C)Cc1cccc(O)c1. The van der Waals surface area contributed by atoms with Crippen molar-refractivity contribution in [2.45, 2.75) is 39.3 Å². The van der Waals surface area contributed by atoms with Gasteiger partial charge in [-0.3, -0.25) is 9.59 Å². The van der Waals surface area contributed by atoms with E-state index in [1.807, 2.05) is 13.0 Å². The Bertz CT molecular complexity index is 474. The van der Waals surface area contributed by atoms with Crippen LogP contribution < -0.4 is 5.32 Å². The third-order valence-electron chi connectivity index (χ3n) is 2.96. The number of hydrogen-bond acceptors (Lipinski definition) is 3. The molecule has 0 saturated heterocycles. The number of amides is 2. The van der Waals surface area contributed by atoms with Crippen LogP contribution in [0.15, 0.2) is 24.3 Å². The summed E-state index contributed by atoms with van der Waals surface area (Å²) in [6.45, 7) is 3.77. The Morgan fingerprint density at radius 3 is 2.65 bits per heavy atom. The maximum Gasteiger partial charge on any atom is 0.245 e. The van der Waals surface area contributed by atoms with Crippen molar-refractivity contribution in [2.75, 3.05) is 7.05 Å². The highest BCUT2D eigenvalue weighted by Crippen LogP contribution is 2.13. The van der Waals surface area contributed by atoms with Gasteiger partial charge in [-0.2, -0.15) is 0 Å². The number of hydrogen-bond donors (Lipinski definition) is 2. The third kappa shape index (κ3) is 4.91. The van der Waals surface area contributed by atoms with Crippen molar-refractivity contribution >= 4 is 11.8 Å². The average Bonchev–Trinajstić information content (AvgIpc) is 2.36. The van der Waals surface area contributed by atoms with Crippen LogP contribution in [-0.2, 0) is 16.1 Å². The third-order valence-corrected chi connectivity index (χ3v) is 2.96. The van der Waals surface area contributed by atoms with Crippen LogP contribution in [0.3, 0.4) is 0 Å². The van der Waals surface area contributed by atoms with Crippen molar-refractivity contribution < 1.29 is 14.7 Å². The van der Waals surface area contributed by atoms with Crippen molar-refractivity contribution in [3.63, 3.8) is 0 Å². The lowest BCUT2D eigenvalue weighted by atomic mass is 10.1. The highest BCUT2D eigenvalue weighted by molar-refractivity contribution is 5.86. The minimum absolute atomic E-state index is 0.120. The molecule has 0 aromatic heterocycles. The van der Waals surface area contributed by atoms with E-state index in [0.717, 1.165) is 12.0 Å². The van der Waals surface area contributed by atoms with E-state index >= 15 is 0 Å². The smallest absolute Gasteiger partial charge is 0.245 e. The Hall–Kier alpha value is -2.04. The average molecular weight is 278 g/mol. The molecule has 0 spiro atoms. The van der Waals surface area contributed by atoms with Gasteiger partial charge in [0.25, 0.3) is 0 Å². The summed E-state index contributed by atoms with van der Waals surface area (Å²) >= 11 is 0. The minimum Gasteiger partial charge on any atom is -0.508 e. The molecule has 110 valence electrons. The van der Waals surface area contributed by atoms with E-state index in [2.05, 4.69) is 5.32 Å². The molecular formula is C15H22N2O3. The summed E-state index contributed by atoms with van der Waals surface area (Å²) < 4.78 is 0. The van der Waals surface area contributed by atoms with Gasteiger partial charge in [-0.25, -0.2) is 0 Å². The number of phenolic OH excluding ortho intramolecular Hbond substituents is 1. The lowest BCUT2D eigenvalue weighted by Crippen LogP contribution is -2.46. The van der Waals surface area contributed by atoms with Crippen LogP contribution in [0.1, 0.15) is 32.3 Å². The van der Waals surface area contributed by atoms with Gasteiger partial charge in [0, 0.05) is 20.5 Å². The molecule has 1 atom stereocenters. The quantitative estimate of drug-likeness (QED) is 0.831. The number of nitrogens with zero attached hydrogens (tertiary/aromatic N) is 1. The monoisotopic (exact) mass is 278 g/mol. The fourth-order valence-corrected chi connectivity index (χ4v) is 2.06. The molecule has 1 unspecified atom stereocenters. The van der Waals surface area contributed by atoms with Crippen LogP contribution in [0.2, 0.25) is 0 Å². The number of rotatable bonds is 6. The molecule has 1 rings (SSSR count). The fourth-order valence-electron chi connectivity index (χ4n) is 2.06. The molecule has 1 aromatic rings. The van der Waals surface area contributed by atoms with E-state index in [9.17, 15) is 14.7 Å². The van der Waals surface area contributed by atoms with Crippen LogP contribution in [0, 0.1) is 0 Å². The zero-order chi connectivity index (χ0) is 15.1. The Labute approximate surface area is 119 Å². The van der Waals surface area contributed by atoms with Gasteiger partial charge in [0.2, 0.25) is 11.8 Å². The molecule has 0 aliphatic carbocycles. The van der Waals surface area contributed by atoms with Gasteiger partial charge in [-0.1, -0.05) is 25.5 Å². The van der Waals surface area contributed by atoms with Crippen molar-refractivity contribution in [3.8, 4) is 5.75 Å². The highest BCUT2D eigenvalue weighted by atomic mass is 16.3. The molecule has 0 heterocycles. The zero-order valence-corrected chi connectivity index (χ0v) is 12.2. The summed E-state index contributed by atoms with van der Waals surface area (Å²) in [5, 5.41) is 12.1. The molecule has 5 nitrogen and oxygen atoms in total. The standard InChI is InChI=1S/C15H22N2O3/c1-4-6-14(16-11(2)18)15(20)17(3)10-12-7-5-8-13(19)9-12/h5,7-9,14,19H,4,6,10H2,1-3H3,(H,16,18). The maximum absolute atomic E-state index is 12.3. The maximum atomic E-state index is 12.3. The number of nitrogens with one attached hydrogen (secondary N) is 1. The van der Waals surface area contributed by atoms with Gasteiger partial charge in [-0.15, -0.1) is 0 Å². The number of aromatic hydroxyl groups is 1. The van der Waals surface area contributed by atoms with E-state index in [1.165, 1.54) is 6.92 Å². The van der Waals surface area contributed by atoms with Crippen LogP contribution in [0.4, 0.5) is 0 Å². The van der Waals surface area contributed by atoms with Crippen LogP contribution in [-0.4, -0.2) is 34.9 Å². The Balaban J connectivity index is 2.70. The summed E-state index contributed by atoms with van der Waals surface area (Å²) in [4.78, 5) is 25.0. The number of carbonyl (C=O) groups excluding carboxylic acids is 2. The molecule has 0 aliphatic rings. The predicted octanol–water partition coefficient (Wildman–Crippen LogP) is 1.66. The molecule has 0 fully saturated rings. The Kier molecular flexibility index (Phi) is 6.03. The van der Waals surface area contributed by atoms with Gasteiger partial charge in [0.05, 0.1) is 0 Å². The lowest BCUT2D eigenvalue weighted by Gasteiger charge is -2.24. The van der Waals surface area contributed by atoms with Crippen LogP contribution >= 0.6 is 0 Å². The predicted molar refractivity (Wildman–Crippen MR) is 77.1 cm³/mol. The molecular weight excluding hydrogens is 256 g/mol. The molecule has 0 aliphatic heterocycles. The van der Waals surface area contributed by atoms with E-state index in [0.29, 0.717) is 13.0 Å². The molecule has 0 saturated carbocycles. The number of phenols is 1. The van der Waals surface area contributed by atoms with Crippen molar-refractivity contribution in [1.82, 2.24) is 10.2 Å². The van der Waals surface area contributed by atoms with Crippen LogP contribution in [0.25, 0.3) is 0 Å². The lowest BCUT2D eigenvalue weighted by molar-refractivity contribution is -0.135. The largest absolute Gasteiger partial charge is 0.508 e. The first-order valence-corrected chi connectivity index (χ1v) is 6.74. The first-order chi connectivity index (χ1) is 9.43. The van der Waals surface area contributed by atoms with Crippen LogP contribution in [0.5, 0.6) is 5.75 Å². The van der Waals surface area contributed by atoms with Gasteiger partial charge in [0.1, 0.15) is 11.8 Å².